The third kappa shape index (κ3) is 4.18. The van der Waals surface area contributed by atoms with Crippen molar-refractivity contribution in [1.29, 1.82) is 0 Å². The van der Waals surface area contributed by atoms with E-state index in [0.29, 0.717) is 6.61 Å². The molecule has 20 heavy (non-hydrogen) atoms. The minimum absolute atomic E-state index is 0.705. The van der Waals surface area contributed by atoms with E-state index in [1.165, 1.54) is 17.5 Å². The molecule has 108 valence electrons. The maximum Gasteiger partial charge on any atom is 0.181 e. The molecule has 1 aromatic heterocycles. The molecule has 0 radical (unpaired) electrons. The van der Waals surface area contributed by atoms with E-state index in [4.69, 9.17) is 9.15 Å². The van der Waals surface area contributed by atoms with E-state index in [9.17, 15) is 0 Å². The molecule has 0 aliphatic heterocycles. The molecule has 0 spiro atoms. The average Bonchev–Trinajstić information content (AvgIpc) is 2.90. The van der Waals surface area contributed by atoms with Gasteiger partial charge in [-0.2, -0.15) is 0 Å². The molecule has 0 saturated carbocycles. The molecule has 0 aliphatic carbocycles. The summed E-state index contributed by atoms with van der Waals surface area (Å²) in [5.74, 6) is 0.971. The van der Waals surface area contributed by atoms with Gasteiger partial charge in [0.15, 0.2) is 6.39 Å². The van der Waals surface area contributed by atoms with E-state index in [1.54, 1.807) is 7.11 Å². The SMILES string of the molecule is COCCNCc1ncoc1CCc1ccccc1C. The van der Waals surface area contributed by atoms with Gasteiger partial charge in [-0.25, -0.2) is 4.98 Å². The Labute approximate surface area is 120 Å². The van der Waals surface area contributed by atoms with Crippen LogP contribution in [0.1, 0.15) is 22.6 Å². The quantitative estimate of drug-likeness (QED) is 0.751. The van der Waals surface area contributed by atoms with Crippen molar-refractivity contribution in [3.63, 3.8) is 0 Å². The largest absolute Gasteiger partial charge is 0.448 e. The van der Waals surface area contributed by atoms with E-state index < -0.39 is 0 Å². The van der Waals surface area contributed by atoms with E-state index >= 15 is 0 Å². The maximum absolute atomic E-state index is 5.50. The van der Waals surface area contributed by atoms with Crippen LogP contribution < -0.4 is 5.32 Å². The number of nitrogens with zero attached hydrogens (tertiary/aromatic N) is 1. The third-order valence-electron chi connectivity index (χ3n) is 3.38. The van der Waals surface area contributed by atoms with Gasteiger partial charge in [0.25, 0.3) is 0 Å². The molecule has 1 heterocycles. The number of rotatable bonds is 8. The van der Waals surface area contributed by atoms with Crippen molar-refractivity contribution in [2.75, 3.05) is 20.3 Å². The molecule has 4 heteroatoms. The maximum atomic E-state index is 5.50. The van der Waals surface area contributed by atoms with Crippen LogP contribution in [0.15, 0.2) is 35.1 Å². The Bertz CT molecular complexity index is 523. The molecule has 0 amide bonds. The molecule has 2 rings (SSSR count). The van der Waals surface area contributed by atoms with Gasteiger partial charge >= 0.3 is 0 Å². The Hall–Kier alpha value is -1.65. The van der Waals surface area contributed by atoms with Gasteiger partial charge in [-0.15, -0.1) is 0 Å². The second-order valence-corrected chi connectivity index (χ2v) is 4.82. The highest BCUT2D eigenvalue weighted by molar-refractivity contribution is 5.26. The first-order valence-electron chi connectivity index (χ1n) is 6.96. The first kappa shape index (κ1) is 14.8. The number of oxazole rings is 1. The van der Waals surface area contributed by atoms with Crippen molar-refractivity contribution in [3.05, 3.63) is 53.2 Å². The molecule has 0 unspecified atom stereocenters. The van der Waals surface area contributed by atoms with Crippen molar-refractivity contribution in [2.24, 2.45) is 0 Å². The zero-order chi connectivity index (χ0) is 14.2. The molecule has 0 bridgehead atoms. The Morgan fingerprint density at radius 2 is 2.10 bits per heavy atom. The predicted molar refractivity (Wildman–Crippen MR) is 78.7 cm³/mol. The number of aryl methyl sites for hydroxylation is 3. The van der Waals surface area contributed by atoms with Crippen LogP contribution in [0.2, 0.25) is 0 Å². The van der Waals surface area contributed by atoms with Crippen LogP contribution in [0, 0.1) is 6.92 Å². The van der Waals surface area contributed by atoms with Crippen LogP contribution in [-0.2, 0) is 24.1 Å². The number of hydrogen-bond acceptors (Lipinski definition) is 4. The normalized spacial score (nSPS) is 10.9. The van der Waals surface area contributed by atoms with Gasteiger partial charge < -0.3 is 14.5 Å². The molecule has 0 atom stereocenters. The van der Waals surface area contributed by atoms with Gasteiger partial charge in [0.1, 0.15) is 5.76 Å². The van der Waals surface area contributed by atoms with Gasteiger partial charge in [-0.1, -0.05) is 24.3 Å². The van der Waals surface area contributed by atoms with Gasteiger partial charge in [0, 0.05) is 26.6 Å². The zero-order valence-electron chi connectivity index (χ0n) is 12.2. The lowest BCUT2D eigenvalue weighted by molar-refractivity contribution is 0.199. The fourth-order valence-corrected chi connectivity index (χ4v) is 2.16. The van der Waals surface area contributed by atoms with Crippen molar-refractivity contribution in [1.82, 2.24) is 10.3 Å². The average molecular weight is 274 g/mol. The van der Waals surface area contributed by atoms with Gasteiger partial charge in [0.05, 0.1) is 12.3 Å². The molecular formula is C16H22N2O2. The summed E-state index contributed by atoms with van der Waals surface area (Å²) in [6, 6.07) is 8.46. The summed E-state index contributed by atoms with van der Waals surface area (Å²) in [6.45, 7) is 4.39. The Morgan fingerprint density at radius 1 is 1.25 bits per heavy atom. The van der Waals surface area contributed by atoms with Crippen molar-refractivity contribution in [3.8, 4) is 0 Å². The van der Waals surface area contributed by atoms with E-state index in [-0.39, 0.29) is 0 Å². The molecule has 0 saturated heterocycles. The number of aromatic nitrogens is 1. The second kappa shape index (κ2) is 7.82. The van der Waals surface area contributed by atoms with Crippen molar-refractivity contribution < 1.29 is 9.15 Å². The number of nitrogens with one attached hydrogen (secondary N) is 1. The minimum Gasteiger partial charge on any atom is -0.448 e. The summed E-state index contributed by atoms with van der Waals surface area (Å²) >= 11 is 0. The first-order valence-corrected chi connectivity index (χ1v) is 6.96. The lowest BCUT2D eigenvalue weighted by Gasteiger charge is -2.06. The van der Waals surface area contributed by atoms with E-state index in [2.05, 4.69) is 41.5 Å². The van der Waals surface area contributed by atoms with Crippen LogP contribution >= 0.6 is 0 Å². The summed E-state index contributed by atoms with van der Waals surface area (Å²) in [7, 11) is 1.70. The number of hydrogen-bond donors (Lipinski definition) is 1. The summed E-state index contributed by atoms with van der Waals surface area (Å²) in [5.41, 5.74) is 3.68. The highest BCUT2D eigenvalue weighted by Gasteiger charge is 2.08. The summed E-state index contributed by atoms with van der Waals surface area (Å²) in [5, 5.41) is 3.29. The Morgan fingerprint density at radius 3 is 2.90 bits per heavy atom. The van der Waals surface area contributed by atoms with Gasteiger partial charge in [0.2, 0.25) is 0 Å². The fourth-order valence-electron chi connectivity index (χ4n) is 2.16. The first-order chi connectivity index (χ1) is 9.81. The number of ether oxygens (including phenoxy) is 1. The van der Waals surface area contributed by atoms with Crippen molar-refractivity contribution >= 4 is 0 Å². The molecule has 2 aromatic rings. The van der Waals surface area contributed by atoms with Crippen LogP contribution in [0.25, 0.3) is 0 Å². The fraction of sp³-hybridized carbons (Fsp3) is 0.438. The second-order valence-electron chi connectivity index (χ2n) is 4.82. The summed E-state index contributed by atoms with van der Waals surface area (Å²) in [4.78, 5) is 4.28. The van der Waals surface area contributed by atoms with Crippen LogP contribution in [0.5, 0.6) is 0 Å². The molecule has 1 N–H and O–H groups in total. The van der Waals surface area contributed by atoms with Gasteiger partial charge in [-0.3, -0.25) is 0 Å². The monoisotopic (exact) mass is 274 g/mol. The summed E-state index contributed by atoms with van der Waals surface area (Å²) in [6.07, 6.45) is 3.39. The molecule has 0 aliphatic rings. The number of benzene rings is 1. The lowest BCUT2D eigenvalue weighted by Crippen LogP contribution is -2.19. The summed E-state index contributed by atoms with van der Waals surface area (Å²) < 4.78 is 10.5. The Kier molecular flexibility index (Phi) is 5.77. The third-order valence-corrected chi connectivity index (χ3v) is 3.38. The lowest BCUT2D eigenvalue weighted by atomic mass is 10.0. The molecule has 4 nitrogen and oxygen atoms in total. The Balaban J connectivity index is 1.87. The number of methoxy groups -OCH3 is 1. The van der Waals surface area contributed by atoms with Crippen LogP contribution in [0.4, 0.5) is 0 Å². The molecule has 1 aromatic carbocycles. The minimum atomic E-state index is 0.705. The van der Waals surface area contributed by atoms with Crippen LogP contribution in [0.3, 0.4) is 0 Å². The van der Waals surface area contributed by atoms with E-state index in [0.717, 1.165) is 37.4 Å². The predicted octanol–water partition coefficient (Wildman–Crippen LogP) is 2.50. The van der Waals surface area contributed by atoms with Crippen LogP contribution in [-0.4, -0.2) is 25.2 Å². The highest BCUT2D eigenvalue weighted by Crippen LogP contribution is 2.14. The zero-order valence-corrected chi connectivity index (χ0v) is 12.2. The smallest absolute Gasteiger partial charge is 0.181 e. The highest BCUT2D eigenvalue weighted by atomic mass is 16.5. The van der Waals surface area contributed by atoms with Crippen molar-refractivity contribution in [2.45, 2.75) is 26.3 Å². The molecular weight excluding hydrogens is 252 g/mol. The van der Waals surface area contributed by atoms with Gasteiger partial charge in [-0.05, 0) is 24.5 Å². The van der Waals surface area contributed by atoms with E-state index in [1.807, 2.05) is 0 Å². The standard InChI is InChI=1S/C16H22N2O2/c1-13-5-3-4-6-14(13)7-8-16-15(18-12-20-16)11-17-9-10-19-2/h3-6,12,17H,7-11H2,1-2H3. The molecule has 0 fully saturated rings. The topological polar surface area (TPSA) is 47.3 Å².